The number of aliphatic hydroxyl groups excluding tert-OH is 1. The normalized spacial score (nSPS) is 14.0. The Morgan fingerprint density at radius 1 is 1.29 bits per heavy atom. The van der Waals surface area contributed by atoms with Crippen LogP contribution < -0.4 is 15.2 Å². The van der Waals surface area contributed by atoms with Crippen LogP contribution >= 0.6 is 15.9 Å². The first kappa shape index (κ1) is 18.6. The lowest BCUT2D eigenvalue weighted by molar-refractivity contribution is 0.0569. The molecule has 0 saturated carbocycles. The zero-order valence-corrected chi connectivity index (χ0v) is 15.4. The third kappa shape index (κ3) is 4.87. The van der Waals surface area contributed by atoms with E-state index < -0.39 is 22.2 Å². The van der Waals surface area contributed by atoms with Gasteiger partial charge in [-0.05, 0) is 54.0 Å². The molecular formula is C14H17BrN4O4S. The number of ether oxygens (including phenoxy) is 1. The van der Waals surface area contributed by atoms with Crippen LogP contribution in [0.4, 0.5) is 11.6 Å². The maximum atomic E-state index is 11.2. The molecule has 2 atom stereocenters. The summed E-state index contributed by atoms with van der Waals surface area (Å²) in [4.78, 5) is 8.33. The molecule has 0 amide bonds. The Hall–Kier alpha value is -1.75. The number of sulfonamides is 1. The van der Waals surface area contributed by atoms with Gasteiger partial charge in [0.25, 0.3) is 0 Å². The van der Waals surface area contributed by atoms with E-state index in [4.69, 9.17) is 9.88 Å². The predicted molar refractivity (Wildman–Crippen MR) is 92.6 cm³/mol. The molecule has 0 fully saturated rings. The van der Waals surface area contributed by atoms with Crippen LogP contribution in [0.25, 0.3) is 0 Å². The number of aromatic nitrogens is 2. The van der Waals surface area contributed by atoms with Crippen LogP contribution in [0.2, 0.25) is 0 Å². The highest BCUT2D eigenvalue weighted by Gasteiger charge is 2.15. The molecule has 0 bridgehead atoms. The molecule has 2 aromatic rings. The fraction of sp³-hybridized carbons (Fsp3) is 0.286. The Morgan fingerprint density at radius 2 is 1.92 bits per heavy atom. The average Bonchev–Trinajstić information content (AvgIpc) is 2.50. The summed E-state index contributed by atoms with van der Waals surface area (Å²) in [5.74, 6) is 0.538. The number of nitrogens with zero attached hydrogens (tertiary/aromatic N) is 2. The highest BCUT2D eigenvalue weighted by molar-refractivity contribution is 9.10. The Morgan fingerprint density at radius 3 is 2.46 bits per heavy atom. The van der Waals surface area contributed by atoms with Crippen molar-refractivity contribution in [1.29, 1.82) is 0 Å². The van der Waals surface area contributed by atoms with Crippen LogP contribution in [0.1, 0.15) is 13.8 Å². The lowest BCUT2D eigenvalue weighted by Crippen LogP contribution is -2.26. The Kier molecular flexibility index (Phi) is 5.75. The minimum absolute atomic E-state index is 0.0135. The van der Waals surface area contributed by atoms with Gasteiger partial charge >= 0.3 is 0 Å². The molecule has 8 nitrogen and oxygen atoms in total. The summed E-state index contributed by atoms with van der Waals surface area (Å²) in [7, 11) is -3.74. The van der Waals surface area contributed by atoms with Crippen molar-refractivity contribution in [3.05, 3.63) is 34.9 Å². The van der Waals surface area contributed by atoms with Gasteiger partial charge in [-0.1, -0.05) is 0 Å². The number of primary sulfonamides is 1. The number of halogens is 1. The summed E-state index contributed by atoms with van der Waals surface area (Å²) in [5, 5.41) is 17.5. The molecule has 10 heteroatoms. The van der Waals surface area contributed by atoms with Gasteiger partial charge in [0.05, 0.1) is 21.7 Å². The Bertz CT molecular complexity index is 812. The van der Waals surface area contributed by atoms with Gasteiger partial charge < -0.3 is 15.2 Å². The summed E-state index contributed by atoms with van der Waals surface area (Å²) in [6, 6.07) is 5.85. The van der Waals surface area contributed by atoms with E-state index >= 15 is 0 Å². The number of anilines is 2. The van der Waals surface area contributed by atoms with E-state index in [0.29, 0.717) is 10.2 Å². The van der Waals surface area contributed by atoms with Crippen LogP contribution in [0.3, 0.4) is 0 Å². The van der Waals surface area contributed by atoms with Gasteiger partial charge in [0.15, 0.2) is 0 Å². The van der Waals surface area contributed by atoms with E-state index in [9.17, 15) is 13.5 Å². The molecule has 1 heterocycles. The minimum atomic E-state index is -3.74. The van der Waals surface area contributed by atoms with Crippen molar-refractivity contribution in [2.24, 2.45) is 5.14 Å². The molecule has 0 aliphatic carbocycles. The summed E-state index contributed by atoms with van der Waals surface area (Å²) in [6.45, 7) is 3.34. The van der Waals surface area contributed by atoms with Crippen molar-refractivity contribution in [2.45, 2.75) is 31.0 Å². The quantitative estimate of drug-likeness (QED) is 0.654. The molecule has 2 rings (SSSR count). The summed E-state index contributed by atoms with van der Waals surface area (Å²) >= 11 is 3.28. The Labute approximate surface area is 148 Å². The van der Waals surface area contributed by atoms with Gasteiger partial charge in [0.2, 0.25) is 21.9 Å². The summed E-state index contributed by atoms with van der Waals surface area (Å²) < 4.78 is 28.6. The Balaban J connectivity index is 2.18. The second kappa shape index (κ2) is 7.43. The van der Waals surface area contributed by atoms with Crippen molar-refractivity contribution in [2.75, 3.05) is 5.32 Å². The van der Waals surface area contributed by atoms with Crippen LogP contribution in [-0.2, 0) is 10.0 Å². The maximum absolute atomic E-state index is 11.2. The molecule has 1 aromatic heterocycles. The number of aliphatic hydroxyl groups is 1. The summed E-state index contributed by atoms with van der Waals surface area (Å²) in [6.07, 6.45) is 0.408. The van der Waals surface area contributed by atoms with Crippen LogP contribution in [0.5, 0.6) is 5.88 Å². The maximum Gasteiger partial charge on any atom is 0.238 e. The van der Waals surface area contributed by atoms with E-state index in [1.807, 2.05) is 0 Å². The third-order valence-corrected chi connectivity index (χ3v) is 4.60. The molecule has 0 spiro atoms. The van der Waals surface area contributed by atoms with Crippen molar-refractivity contribution in [3.8, 4) is 5.88 Å². The van der Waals surface area contributed by atoms with Gasteiger partial charge in [-0.3, -0.25) is 0 Å². The fourth-order valence-corrected chi connectivity index (χ4v) is 2.43. The van der Waals surface area contributed by atoms with Crippen molar-refractivity contribution in [3.63, 3.8) is 0 Å². The zero-order valence-electron chi connectivity index (χ0n) is 13.0. The smallest absolute Gasteiger partial charge is 0.238 e. The lowest BCUT2D eigenvalue weighted by atomic mass is 10.3. The van der Waals surface area contributed by atoms with Gasteiger partial charge in [0.1, 0.15) is 6.10 Å². The highest BCUT2D eigenvalue weighted by atomic mass is 79.9. The van der Waals surface area contributed by atoms with Crippen LogP contribution in [-0.4, -0.2) is 35.7 Å². The van der Waals surface area contributed by atoms with Crippen LogP contribution in [0, 0.1) is 0 Å². The summed E-state index contributed by atoms with van der Waals surface area (Å²) in [5.41, 5.74) is 0.583. The molecule has 0 aliphatic rings. The van der Waals surface area contributed by atoms with E-state index in [0.717, 1.165) is 0 Å². The first-order chi connectivity index (χ1) is 11.2. The molecular weight excluding hydrogens is 400 g/mol. The van der Waals surface area contributed by atoms with E-state index in [1.165, 1.54) is 18.3 Å². The number of rotatable bonds is 6. The number of hydrogen-bond donors (Lipinski definition) is 3. The lowest BCUT2D eigenvalue weighted by Gasteiger charge is -2.17. The number of benzene rings is 1. The van der Waals surface area contributed by atoms with Crippen molar-refractivity contribution in [1.82, 2.24) is 9.97 Å². The van der Waals surface area contributed by atoms with Gasteiger partial charge in [-0.15, -0.1) is 0 Å². The van der Waals surface area contributed by atoms with Crippen molar-refractivity contribution < 1.29 is 18.3 Å². The highest BCUT2D eigenvalue weighted by Crippen LogP contribution is 2.25. The van der Waals surface area contributed by atoms with E-state index in [2.05, 4.69) is 31.2 Å². The van der Waals surface area contributed by atoms with Gasteiger partial charge in [-0.25, -0.2) is 18.5 Å². The average molecular weight is 417 g/mol. The van der Waals surface area contributed by atoms with Crippen LogP contribution in [0.15, 0.2) is 39.8 Å². The standard InChI is InChI=1S/C14H17BrN4O4S/c1-8(20)9(2)23-13-12(15)7-17-14(19-13)18-10-3-5-11(6-4-10)24(16,21)22/h3-9,20H,1-2H3,(H2,16,21,22)(H,17,18,19)/t8-,9-/m1/s1. The number of nitrogens with two attached hydrogens (primary N) is 1. The second-order valence-electron chi connectivity index (χ2n) is 5.10. The molecule has 130 valence electrons. The molecule has 1 aromatic carbocycles. The second-order valence-corrected chi connectivity index (χ2v) is 7.52. The SMILES string of the molecule is C[C@@H](O)[C@@H](C)Oc1nc(Nc2ccc(S(N)(=O)=O)cc2)ncc1Br. The third-order valence-electron chi connectivity index (χ3n) is 3.13. The molecule has 24 heavy (non-hydrogen) atoms. The molecule has 0 saturated heterocycles. The van der Waals surface area contributed by atoms with Gasteiger partial charge in [-0.2, -0.15) is 4.98 Å². The topological polar surface area (TPSA) is 127 Å². The molecule has 0 aliphatic heterocycles. The molecule has 0 radical (unpaired) electrons. The largest absolute Gasteiger partial charge is 0.471 e. The van der Waals surface area contributed by atoms with E-state index in [-0.39, 0.29) is 16.7 Å². The number of hydrogen-bond acceptors (Lipinski definition) is 7. The van der Waals surface area contributed by atoms with Crippen molar-refractivity contribution >= 4 is 37.6 Å². The predicted octanol–water partition coefficient (Wildman–Crippen LogP) is 1.78. The first-order valence-electron chi connectivity index (χ1n) is 6.94. The van der Waals surface area contributed by atoms with Gasteiger partial charge in [0, 0.05) is 5.69 Å². The fourth-order valence-electron chi connectivity index (χ4n) is 1.63. The minimum Gasteiger partial charge on any atom is -0.471 e. The zero-order chi connectivity index (χ0) is 17.9. The monoisotopic (exact) mass is 416 g/mol. The number of nitrogens with one attached hydrogen (secondary N) is 1. The first-order valence-corrected chi connectivity index (χ1v) is 9.28. The molecule has 0 unspecified atom stereocenters. The van der Waals surface area contributed by atoms with E-state index in [1.54, 1.807) is 26.0 Å². The molecule has 4 N–H and O–H groups in total.